The summed E-state index contributed by atoms with van der Waals surface area (Å²) in [6.45, 7) is 6.11. The summed E-state index contributed by atoms with van der Waals surface area (Å²) in [7, 11) is 1.75. The lowest BCUT2D eigenvalue weighted by Gasteiger charge is -2.26. The van der Waals surface area contributed by atoms with Crippen LogP contribution in [0, 0.1) is 5.92 Å². The molecule has 0 aliphatic rings. The highest BCUT2D eigenvalue weighted by atomic mass is 16.4. The second kappa shape index (κ2) is 7.26. The maximum Gasteiger partial charge on any atom is 0.437 e. The molecule has 2 rings (SSSR count). The summed E-state index contributed by atoms with van der Waals surface area (Å²) in [5.41, 5.74) is 0.706. The van der Waals surface area contributed by atoms with E-state index in [1.807, 2.05) is 25.1 Å². The average molecular weight is 317 g/mol. The van der Waals surface area contributed by atoms with Gasteiger partial charge in [-0.15, -0.1) is 5.10 Å². The van der Waals surface area contributed by atoms with Crippen LogP contribution in [0.1, 0.15) is 27.2 Å². The zero-order valence-corrected chi connectivity index (χ0v) is 14.0. The first-order chi connectivity index (χ1) is 10.9. The van der Waals surface area contributed by atoms with Crippen LogP contribution in [0.3, 0.4) is 0 Å². The first-order valence-electron chi connectivity index (χ1n) is 7.77. The van der Waals surface area contributed by atoms with Gasteiger partial charge in [-0.25, -0.2) is 4.79 Å². The van der Waals surface area contributed by atoms with Crippen molar-refractivity contribution in [2.45, 2.75) is 39.8 Å². The van der Waals surface area contributed by atoms with E-state index in [-0.39, 0.29) is 24.4 Å². The molecule has 2 aromatic rings. The number of benzene rings is 1. The van der Waals surface area contributed by atoms with Crippen LogP contribution in [0.25, 0.3) is 11.5 Å². The monoisotopic (exact) mass is 317 g/mol. The van der Waals surface area contributed by atoms with E-state index in [0.29, 0.717) is 11.5 Å². The third-order valence-corrected chi connectivity index (χ3v) is 3.78. The number of likely N-dealkylation sites (N-methyl/N-ethyl adjacent to an activating group) is 1. The molecular weight excluding hydrogens is 294 g/mol. The number of rotatable bonds is 6. The van der Waals surface area contributed by atoms with Gasteiger partial charge in [0.25, 0.3) is 0 Å². The Balaban J connectivity index is 2.10. The molecule has 0 saturated carbocycles. The van der Waals surface area contributed by atoms with Gasteiger partial charge in [0.05, 0.1) is 0 Å². The Morgan fingerprint density at radius 2 is 1.91 bits per heavy atom. The fraction of sp³-hybridized carbons (Fsp3) is 0.471. The van der Waals surface area contributed by atoms with Crippen molar-refractivity contribution in [2.24, 2.45) is 5.92 Å². The molecule has 0 radical (unpaired) electrons. The second-order valence-corrected chi connectivity index (χ2v) is 6.18. The molecule has 1 aromatic heterocycles. The highest BCUT2D eigenvalue weighted by Gasteiger charge is 2.19. The Labute approximate surface area is 135 Å². The number of hydrogen-bond acceptors (Lipinski definition) is 4. The lowest BCUT2D eigenvalue weighted by molar-refractivity contribution is -0.132. The summed E-state index contributed by atoms with van der Waals surface area (Å²) in [5.74, 6) is -0.0590. The molecular formula is C17H23N3O3. The van der Waals surface area contributed by atoms with Crippen LogP contribution in [-0.2, 0) is 11.3 Å². The average Bonchev–Trinajstić information content (AvgIpc) is 2.87. The molecule has 0 unspecified atom stereocenters. The Hall–Kier alpha value is -2.37. The van der Waals surface area contributed by atoms with E-state index in [4.69, 9.17) is 4.42 Å². The van der Waals surface area contributed by atoms with E-state index in [9.17, 15) is 9.59 Å². The molecule has 6 heteroatoms. The Morgan fingerprint density at radius 1 is 1.26 bits per heavy atom. The molecule has 23 heavy (non-hydrogen) atoms. The quantitative estimate of drug-likeness (QED) is 0.820. The Morgan fingerprint density at radius 3 is 2.52 bits per heavy atom. The minimum Gasteiger partial charge on any atom is -0.388 e. The minimum atomic E-state index is -0.623. The zero-order chi connectivity index (χ0) is 17.0. The summed E-state index contributed by atoms with van der Waals surface area (Å²) >= 11 is 0. The van der Waals surface area contributed by atoms with Gasteiger partial charge in [-0.2, -0.15) is 4.68 Å². The molecule has 0 spiro atoms. The maximum absolute atomic E-state index is 12.3. The van der Waals surface area contributed by atoms with Crippen LogP contribution in [0.2, 0.25) is 0 Å². The molecule has 1 atom stereocenters. The number of aromatic nitrogens is 2. The summed E-state index contributed by atoms with van der Waals surface area (Å²) < 4.78 is 6.20. The molecule has 0 bridgehead atoms. The first-order valence-corrected chi connectivity index (χ1v) is 7.77. The minimum absolute atomic E-state index is 0.110. The number of hydrogen-bond donors (Lipinski definition) is 0. The van der Waals surface area contributed by atoms with E-state index in [0.717, 1.165) is 11.1 Å². The number of carbonyl (C=O) groups excluding carboxylic acids is 1. The number of nitrogens with zero attached hydrogens (tertiary/aromatic N) is 3. The first kappa shape index (κ1) is 17.0. The number of amides is 1. The molecule has 1 amide bonds. The summed E-state index contributed by atoms with van der Waals surface area (Å²) in [6.07, 6.45) is 0.908. The van der Waals surface area contributed by atoms with Gasteiger partial charge in [-0.05, 0) is 31.4 Å². The molecule has 0 saturated heterocycles. The standard InChI is InChI=1S/C17H23N3O3/c1-12(2)10-13(3)19(4)15(21)11-20-17(22)23-16(18-20)14-8-6-5-7-9-14/h5-9,12-13H,10-11H2,1-4H3/t13-/m1/s1. The van der Waals surface area contributed by atoms with Crippen LogP contribution in [0.5, 0.6) is 0 Å². The van der Waals surface area contributed by atoms with Crippen LogP contribution < -0.4 is 5.76 Å². The highest BCUT2D eigenvalue weighted by Crippen LogP contribution is 2.14. The van der Waals surface area contributed by atoms with Crippen molar-refractivity contribution in [1.29, 1.82) is 0 Å². The van der Waals surface area contributed by atoms with Crippen molar-refractivity contribution < 1.29 is 9.21 Å². The lowest BCUT2D eigenvalue weighted by atomic mass is 10.0. The van der Waals surface area contributed by atoms with Gasteiger partial charge < -0.3 is 9.32 Å². The van der Waals surface area contributed by atoms with Crippen molar-refractivity contribution in [3.05, 3.63) is 40.9 Å². The van der Waals surface area contributed by atoms with Crippen molar-refractivity contribution in [2.75, 3.05) is 7.05 Å². The van der Waals surface area contributed by atoms with Crippen molar-refractivity contribution in [1.82, 2.24) is 14.7 Å². The predicted octanol–water partition coefficient (Wildman–Crippen LogP) is 2.40. The van der Waals surface area contributed by atoms with E-state index in [2.05, 4.69) is 18.9 Å². The molecule has 6 nitrogen and oxygen atoms in total. The van der Waals surface area contributed by atoms with Gasteiger partial charge in [0, 0.05) is 18.7 Å². The van der Waals surface area contributed by atoms with Gasteiger partial charge in [0.15, 0.2) is 0 Å². The van der Waals surface area contributed by atoms with E-state index < -0.39 is 5.76 Å². The van der Waals surface area contributed by atoms with Crippen molar-refractivity contribution >= 4 is 5.91 Å². The van der Waals surface area contributed by atoms with E-state index >= 15 is 0 Å². The van der Waals surface area contributed by atoms with Gasteiger partial charge in [-0.1, -0.05) is 32.0 Å². The van der Waals surface area contributed by atoms with Gasteiger partial charge >= 0.3 is 5.76 Å². The molecule has 124 valence electrons. The van der Waals surface area contributed by atoms with Gasteiger partial charge in [-0.3, -0.25) is 4.79 Å². The lowest BCUT2D eigenvalue weighted by Crippen LogP contribution is -2.39. The summed E-state index contributed by atoms with van der Waals surface area (Å²) in [6, 6.07) is 9.25. The highest BCUT2D eigenvalue weighted by molar-refractivity contribution is 5.75. The fourth-order valence-corrected chi connectivity index (χ4v) is 2.43. The normalized spacial score (nSPS) is 12.4. The SMILES string of the molecule is CC(C)C[C@@H](C)N(C)C(=O)Cn1nc(-c2ccccc2)oc1=O. The molecule has 1 heterocycles. The molecule has 0 aliphatic heterocycles. The molecule has 1 aromatic carbocycles. The third-order valence-electron chi connectivity index (χ3n) is 3.78. The zero-order valence-electron chi connectivity index (χ0n) is 14.0. The number of carbonyl (C=O) groups is 1. The van der Waals surface area contributed by atoms with Gasteiger partial charge in [0.1, 0.15) is 6.54 Å². The Kier molecular flexibility index (Phi) is 5.36. The largest absolute Gasteiger partial charge is 0.437 e. The van der Waals surface area contributed by atoms with Crippen molar-refractivity contribution in [3.8, 4) is 11.5 Å². The molecule has 0 fully saturated rings. The fourth-order valence-electron chi connectivity index (χ4n) is 2.43. The van der Waals surface area contributed by atoms with E-state index in [1.165, 1.54) is 0 Å². The topological polar surface area (TPSA) is 68.3 Å². The maximum atomic E-state index is 12.3. The van der Waals surface area contributed by atoms with Crippen LogP contribution >= 0.6 is 0 Å². The van der Waals surface area contributed by atoms with Gasteiger partial charge in [0.2, 0.25) is 11.8 Å². The van der Waals surface area contributed by atoms with Crippen LogP contribution in [0.4, 0.5) is 0 Å². The van der Waals surface area contributed by atoms with Crippen LogP contribution in [0.15, 0.2) is 39.5 Å². The second-order valence-electron chi connectivity index (χ2n) is 6.18. The molecule has 0 N–H and O–H groups in total. The van der Waals surface area contributed by atoms with E-state index in [1.54, 1.807) is 24.1 Å². The predicted molar refractivity (Wildman–Crippen MR) is 87.9 cm³/mol. The molecule has 0 aliphatic carbocycles. The Bertz CT molecular complexity index is 703. The summed E-state index contributed by atoms with van der Waals surface area (Å²) in [5, 5.41) is 4.11. The van der Waals surface area contributed by atoms with Crippen LogP contribution in [-0.4, -0.2) is 33.7 Å². The smallest absolute Gasteiger partial charge is 0.388 e. The van der Waals surface area contributed by atoms with Crippen molar-refractivity contribution in [3.63, 3.8) is 0 Å². The summed E-state index contributed by atoms with van der Waals surface area (Å²) in [4.78, 5) is 25.9. The third kappa shape index (κ3) is 4.31.